The standard InChI is InChI=1S/C15H24O2/c1-11-5-4-6-12(2)8-10-14(9-7-11)13(3)15(16)17/h5,12,14H,3-4,6-10H2,1-2H3,(H,16,17)/b11-5+/t12-,14+/m0/s1. The van der Waals surface area contributed by atoms with Crippen molar-refractivity contribution < 1.29 is 9.90 Å². The van der Waals surface area contributed by atoms with Gasteiger partial charge in [-0.1, -0.05) is 31.6 Å². The molecule has 0 amide bonds. The molecule has 0 bridgehead atoms. The fourth-order valence-electron chi connectivity index (χ4n) is 2.42. The predicted octanol–water partition coefficient (Wildman–Crippen LogP) is 4.18. The topological polar surface area (TPSA) is 37.3 Å². The summed E-state index contributed by atoms with van der Waals surface area (Å²) in [6.45, 7) is 8.14. The summed E-state index contributed by atoms with van der Waals surface area (Å²) in [6.07, 6.45) is 8.71. The Labute approximate surface area is 104 Å². The maximum atomic E-state index is 11.0. The Morgan fingerprint density at radius 1 is 1.35 bits per heavy atom. The summed E-state index contributed by atoms with van der Waals surface area (Å²) in [5.74, 6) is -0.000935. The van der Waals surface area contributed by atoms with Gasteiger partial charge in [-0.15, -0.1) is 0 Å². The molecule has 0 radical (unpaired) electrons. The lowest BCUT2D eigenvalue weighted by Gasteiger charge is -2.21. The molecule has 1 N–H and O–H groups in total. The summed E-state index contributed by atoms with van der Waals surface area (Å²) < 4.78 is 0. The number of rotatable bonds is 2. The van der Waals surface area contributed by atoms with E-state index in [2.05, 4.69) is 26.5 Å². The lowest BCUT2D eigenvalue weighted by atomic mass is 9.84. The van der Waals surface area contributed by atoms with Crippen LogP contribution in [0.25, 0.3) is 0 Å². The molecule has 0 saturated carbocycles. The zero-order chi connectivity index (χ0) is 12.8. The van der Waals surface area contributed by atoms with Gasteiger partial charge in [0, 0.05) is 5.57 Å². The fourth-order valence-corrected chi connectivity index (χ4v) is 2.42. The van der Waals surface area contributed by atoms with E-state index in [1.165, 1.54) is 12.0 Å². The average Bonchev–Trinajstić information content (AvgIpc) is 2.28. The molecule has 0 aromatic carbocycles. The molecule has 1 rings (SSSR count). The molecule has 0 saturated heterocycles. The highest BCUT2D eigenvalue weighted by molar-refractivity contribution is 5.86. The summed E-state index contributed by atoms with van der Waals surface area (Å²) >= 11 is 0. The molecular formula is C15H24O2. The lowest BCUT2D eigenvalue weighted by Crippen LogP contribution is -2.14. The fraction of sp³-hybridized carbons (Fsp3) is 0.667. The van der Waals surface area contributed by atoms with Crippen LogP contribution in [0.15, 0.2) is 23.8 Å². The molecule has 0 aliphatic heterocycles. The molecular weight excluding hydrogens is 212 g/mol. The van der Waals surface area contributed by atoms with Gasteiger partial charge in [-0.3, -0.25) is 0 Å². The second-order valence-electron chi connectivity index (χ2n) is 5.38. The normalized spacial score (nSPS) is 30.1. The largest absolute Gasteiger partial charge is 0.478 e. The summed E-state index contributed by atoms with van der Waals surface area (Å²) in [4.78, 5) is 11.0. The van der Waals surface area contributed by atoms with Crippen molar-refractivity contribution in [3.05, 3.63) is 23.8 Å². The van der Waals surface area contributed by atoms with Crippen LogP contribution in [0.3, 0.4) is 0 Å². The van der Waals surface area contributed by atoms with Crippen molar-refractivity contribution in [3.8, 4) is 0 Å². The Morgan fingerprint density at radius 3 is 2.71 bits per heavy atom. The molecule has 2 nitrogen and oxygen atoms in total. The van der Waals surface area contributed by atoms with Gasteiger partial charge in [-0.2, -0.15) is 0 Å². The smallest absolute Gasteiger partial charge is 0.331 e. The maximum absolute atomic E-state index is 11.0. The van der Waals surface area contributed by atoms with Crippen molar-refractivity contribution in [1.82, 2.24) is 0 Å². The van der Waals surface area contributed by atoms with Gasteiger partial charge in [0.05, 0.1) is 0 Å². The second-order valence-corrected chi connectivity index (χ2v) is 5.38. The predicted molar refractivity (Wildman–Crippen MR) is 70.9 cm³/mol. The Kier molecular flexibility index (Phi) is 5.46. The Balaban J connectivity index is 2.69. The summed E-state index contributed by atoms with van der Waals surface area (Å²) in [7, 11) is 0. The molecule has 0 aromatic heterocycles. The van der Waals surface area contributed by atoms with Crippen molar-refractivity contribution in [2.45, 2.75) is 52.4 Å². The van der Waals surface area contributed by atoms with E-state index in [1.807, 2.05) is 0 Å². The van der Waals surface area contributed by atoms with Crippen LogP contribution in [0.2, 0.25) is 0 Å². The number of hydrogen-bond acceptors (Lipinski definition) is 1. The first kappa shape index (κ1) is 14.0. The van der Waals surface area contributed by atoms with Crippen molar-refractivity contribution >= 4 is 5.97 Å². The zero-order valence-electron chi connectivity index (χ0n) is 11.0. The Bertz CT molecular complexity index is 315. The molecule has 2 atom stereocenters. The highest BCUT2D eigenvalue weighted by Gasteiger charge is 2.19. The maximum Gasteiger partial charge on any atom is 0.331 e. The van der Waals surface area contributed by atoms with E-state index in [1.54, 1.807) is 0 Å². The van der Waals surface area contributed by atoms with Gasteiger partial charge in [0.15, 0.2) is 0 Å². The molecule has 17 heavy (non-hydrogen) atoms. The minimum Gasteiger partial charge on any atom is -0.478 e. The average molecular weight is 236 g/mol. The van der Waals surface area contributed by atoms with Crippen LogP contribution >= 0.6 is 0 Å². The number of hydrogen-bond donors (Lipinski definition) is 1. The Morgan fingerprint density at radius 2 is 2.06 bits per heavy atom. The molecule has 0 heterocycles. The molecule has 1 aliphatic rings. The van der Waals surface area contributed by atoms with Crippen molar-refractivity contribution in [2.75, 3.05) is 0 Å². The molecule has 2 heteroatoms. The van der Waals surface area contributed by atoms with Crippen molar-refractivity contribution in [3.63, 3.8) is 0 Å². The number of carbonyl (C=O) groups is 1. The minimum atomic E-state index is -0.832. The lowest BCUT2D eigenvalue weighted by molar-refractivity contribution is -0.133. The zero-order valence-corrected chi connectivity index (χ0v) is 11.0. The Hall–Kier alpha value is -1.05. The first-order valence-electron chi connectivity index (χ1n) is 6.58. The van der Waals surface area contributed by atoms with E-state index in [0.717, 1.165) is 32.1 Å². The number of aliphatic carboxylic acids is 1. The number of carboxylic acids is 1. The first-order chi connectivity index (χ1) is 8.00. The molecule has 0 spiro atoms. The highest BCUT2D eigenvalue weighted by atomic mass is 16.4. The van der Waals surface area contributed by atoms with Gasteiger partial charge in [0.1, 0.15) is 0 Å². The third kappa shape index (κ3) is 4.76. The van der Waals surface area contributed by atoms with E-state index in [-0.39, 0.29) is 5.92 Å². The van der Waals surface area contributed by atoms with E-state index >= 15 is 0 Å². The van der Waals surface area contributed by atoms with Crippen LogP contribution in [0.1, 0.15) is 52.4 Å². The van der Waals surface area contributed by atoms with Gasteiger partial charge >= 0.3 is 5.97 Å². The summed E-state index contributed by atoms with van der Waals surface area (Å²) in [5.41, 5.74) is 1.79. The van der Waals surface area contributed by atoms with E-state index in [4.69, 9.17) is 5.11 Å². The van der Waals surface area contributed by atoms with Crippen LogP contribution in [0, 0.1) is 11.8 Å². The summed E-state index contributed by atoms with van der Waals surface area (Å²) in [6, 6.07) is 0. The van der Waals surface area contributed by atoms with Crippen molar-refractivity contribution in [2.24, 2.45) is 11.8 Å². The van der Waals surface area contributed by atoms with Gasteiger partial charge in [0.25, 0.3) is 0 Å². The molecule has 1 aliphatic carbocycles. The molecule has 0 aromatic rings. The number of allylic oxidation sites excluding steroid dienone is 2. The van der Waals surface area contributed by atoms with Crippen LogP contribution in [0.5, 0.6) is 0 Å². The van der Waals surface area contributed by atoms with E-state index in [9.17, 15) is 4.79 Å². The first-order valence-corrected chi connectivity index (χ1v) is 6.58. The van der Waals surface area contributed by atoms with Crippen LogP contribution in [-0.2, 0) is 4.79 Å². The molecule has 96 valence electrons. The molecule has 0 unspecified atom stereocenters. The second kappa shape index (κ2) is 6.63. The van der Waals surface area contributed by atoms with Gasteiger partial charge in [0.2, 0.25) is 0 Å². The van der Waals surface area contributed by atoms with Crippen molar-refractivity contribution in [1.29, 1.82) is 0 Å². The highest BCUT2D eigenvalue weighted by Crippen LogP contribution is 2.28. The van der Waals surface area contributed by atoms with Gasteiger partial charge in [-0.25, -0.2) is 4.79 Å². The number of carboxylic acid groups (broad SMARTS) is 1. The van der Waals surface area contributed by atoms with Crippen LogP contribution in [-0.4, -0.2) is 11.1 Å². The van der Waals surface area contributed by atoms with Crippen LogP contribution < -0.4 is 0 Å². The third-order valence-electron chi connectivity index (χ3n) is 3.81. The van der Waals surface area contributed by atoms with E-state index in [0.29, 0.717) is 11.5 Å². The van der Waals surface area contributed by atoms with E-state index < -0.39 is 5.97 Å². The SMILES string of the molecule is C=C(C(=O)O)[C@@H]1CC/C(C)=C/CC[C@H](C)CC1. The molecule has 0 fully saturated rings. The quantitative estimate of drug-likeness (QED) is 0.577. The third-order valence-corrected chi connectivity index (χ3v) is 3.81. The summed E-state index contributed by atoms with van der Waals surface area (Å²) in [5, 5.41) is 9.04. The minimum absolute atomic E-state index is 0.149. The monoisotopic (exact) mass is 236 g/mol. The van der Waals surface area contributed by atoms with Crippen LogP contribution in [0.4, 0.5) is 0 Å². The van der Waals surface area contributed by atoms with Gasteiger partial charge < -0.3 is 5.11 Å². The van der Waals surface area contributed by atoms with Gasteiger partial charge in [-0.05, 0) is 50.9 Å².